The number of anilines is 1. The van der Waals surface area contributed by atoms with Gasteiger partial charge in [0, 0.05) is 12.6 Å². The van der Waals surface area contributed by atoms with Gasteiger partial charge < -0.3 is 4.74 Å². The lowest BCUT2D eigenvalue weighted by atomic mass is 10.2. The lowest BCUT2D eigenvalue weighted by Crippen LogP contribution is -2.33. The number of aromatic nitrogens is 2. The van der Waals surface area contributed by atoms with Crippen molar-refractivity contribution in [2.45, 2.75) is 13.8 Å². The molecule has 0 bridgehead atoms. The second-order valence-electron chi connectivity index (χ2n) is 6.90. The summed E-state index contributed by atoms with van der Waals surface area (Å²) in [5, 5.41) is 0. The Hall–Kier alpha value is -3.10. The van der Waals surface area contributed by atoms with Gasteiger partial charge in [-0.2, -0.15) is 0 Å². The molecule has 4 rings (SSSR count). The van der Waals surface area contributed by atoms with Crippen molar-refractivity contribution in [2.24, 2.45) is 7.05 Å². The Balaban J connectivity index is 1.77. The van der Waals surface area contributed by atoms with Crippen LogP contribution in [0.4, 0.5) is 5.69 Å². The van der Waals surface area contributed by atoms with Crippen molar-refractivity contribution in [3.05, 3.63) is 81.1 Å². The van der Waals surface area contributed by atoms with E-state index >= 15 is 0 Å². The number of thioether (sulfide) groups is 1. The van der Waals surface area contributed by atoms with Crippen molar-refractivity contribution < 1.29 is 9.53 Å². The van der Waals surface area contributed by atoms with Crippen LogP contribution in [0.15, 0.2) is 64.3 Å². The molecule has 1 fully saturated rings. The van der Waals surface area contributed by atoms with Gasteiger partial charge in [-0.15, -0.1) is 0 Å². The number of hydrogen-bond acceptors (Lipinski definition) is 5. The average molecular weight is 452 g/mol. The molecule has 1 saturated heterocycles. The molecule has 6 nitrogen and oxygen atoms in total. The molecule has 158 valence electrons. The Bertz CT molecular complexity index is 1260. The SMILES string of the molecule is CCOc1ccccc1/C=C1/SC(=S)N(c2c(C)n(C)n(-c3ccccc3)c2=O)C1=O. The second-order valence-corrected chi connectivity index (χ2v) is 8.57. The van der Waals surface area contributed by atoms with Crippen molar-refractivity contribution in [3.63, 3.8) is 0 Å². The van der Waals surface area contributed by atoms with Crippen LogP contribution >= 0.6 is 24.0 Å². The number of para-hydroxylation sites is 2. The first-order valence-corrected chi connectivity index (χ1v) is 11.0. The summed E-state index contributed by atoms with van der Waals surface area (Å²) in [7, 11) is 1.79. The molecule has 0 unspecified atom stereocenters. The molecule has 1 aliphatic rings. The monoisotopic (exact) mass is 451 g/mol. The van der Waals surface area contributed by atoms with E-state index in [0.29, 0.717) is 27.3 Å². The highest BCUT2D eigenvalue weighted by molar-refractivity contribution is 8.27. The number of rotatable bonds is 5. The quantitative estimate of drug-likeness (QED) is 0.428. The Kier molecular flexibility index (Phi) is 5.84. The molecule has 2 aromatic carbocycles. The molecule has 0 spiro atoms. The fourth-order valence-corrected chi connectivity index (χ4v) is 4.76. The lowest BCUT2D eigenvalue weighted by Gasteiger charge is -2.12. The minimum absolute atomic E-state index is 0.273. The highest BCUT2D eigenvalue weighted by Crippen LogP contribution is 2.37. The number of thiocarbonyl (C=S) groups is 1. The normalized spacial score (nSPS) is 15.2. The van der Waals surface area contributed by atoms with E-state index in [4.69, 9.17) is 17.0 Å². The smallest absolute Gasteiger partial charge is 0.296 e. The third-order valence-electron chi connectivity index (χ3n) is 5.05. The van der Waals surface area contributed by atoms with Gasteiger partial charge in [-0.3, -0.25) is 19.2 Å². The summed E-state index contributed by atoms with van der Waals surface area (Å²) in [4.78, 5) is 28.4. The lowest BCUT2D eigenvalue weighted by molar-refractivity contribution is -0.113. The van der Waals surface area contributed by atoms with Crippen LogP contribution < -0.4 is 15.2 Å². The Morgan fingerprint density at radius 1 is 1.06 bits per heavy atom. The zero-order chi connectivity index (χ0) is 22.1. The Morgan fingerprint density at radius 3 is 2.45 bits per heavy atom. The van der Waals surface area contributed by atoms with E-state index in [1.54, 1.807) is 17.8 Å². The maximum Gasteiger partial charge on any atom is 0.296 e. The fraction of sp³-hybridized carbons (Fsp3) is 0.174. The maximum atomic E-state index is 13.3. The molecule has 3 aromatic rings. The summed E-state index contributed by atoms with van der Waals surface area (Å²) in [5.74, 6) is 0.380. The molecule has 1 aliphatic heterocycles. The summed E-state index contributed by atoms with van der Waals surface area (Å²) in [6.45, 7) is 4.24. The van der Waals surface area contributed by atoms with Crippen LogP contribution in [0.3, 0.4) is 0 Å². The first kappa shape index (κ1) is 21.1. The van der Waals surface area contributed by atoms with Crippen LogP contribution in [0.25, 0.3) is 11.8 Å². The van der Waals surface area contributed by atoms with Crippen LogP contribution in [-0.2, 0) is 11.8 Å². The number of carbonyl (C=O) groups excluding carboxylic acids is 1. The van der Waals surface area contributed by atoms with Crippen LogP contribution in [0.5, 0.6) is 5.75 Å². The van der Waals surface area contributed by atoms with Crippen molar-refractivity contribution in [1.29, 1.82) is 0 Å². The van der Waals surface area contributed by atoms with Gasteiger partial charge in [0.2, 0.25) is 0 Å². The van der Waals surface area contributed by atoms with E-state index < -0.39 is 0 Å². The number of carbonyl (C=O) groups is 1. The molecular formula is C23H21N3O3S2. The van der Waals surface area contributed by atoms with Gasteiger partial charge in [-0.05, 0) is 38.1 Å². The molecule has 1 aromatic heterocycles. The van der Waals surface area contributed by atoms with Gasteiger partial charge in [0.15, 0.2) is 4.32 Å². The van der Waals surface area contributed by atoms with Crippen LogP contribution in [0, 0.1) is 6.92 Å². The van der Waals surface area contributed by atoms with E-state index in [9.17, 15) is 9.59 Å². The van der Waals surface area contributed by atoms with E-state index in [1.807, 2.05) is 68.4 Å². The van der Waals surface area contributed by atoms with Crippen molar-refractivity contribution in [1.82, 2.24) is 9.36 Å². The molecule has 0 aliphatic carbocycles. The van der Waals surface area contributed by atoms with Gasteiger partial charge in [0.05, 0.1) is 22.9 Å². The average Bonchev–Trinajstić information content (AvgIpc) is 3.15. The predicted molar refractivity (Wildman–Crippen MR) is 129 cm³/mol. The van der Waals surface area contributed by atoms with Gasteiger partial charge in [0.25, 0.3) is 11.5 Å². The van der Waals surface area contributed by atoms with Crippen LogP contribution in [-0.4, -0.2) is 26.2 Å². The topological polar surface area (TPSA) is 56.5 Å². The number of ether oxygens (including phenoxy) is 1. The van der Waals surface area contributed by atoms with Crippen molar-refractivity contribution in [3.8, 4) is 11.4 Å². The summed E-state index contributed by atoms with van der Waals surface area (Å²) < 4.78 is 9.26. The Labute approximate surface area is 189 Å². The fourth-order valence-electron chi connectivity index (χ4n) is 3.50. The third kappa shape index (κ3) is 3.73. The first-order valence-electron chi connectivity index (χ1n) is 9.77. The maximum absolute atomic E-state index is 13.3. The number of nitrogens with zero attached hydrogens (tertiary/aromatic N) is 3. The van der Waals surface area contributed by atoms with Gasteiger partial charge >= 0.3 is 0 Å². The first-order chi connectivity index (χ1) is 14.9. The number of amides is 1. The summed E-state index contributed by atoms with van der Waals surface area (Å²) in [6.07, 6.45) is 1.76. The second kappa shape index (κ2) is 8.56. The summed E-state index contributed by atoms with van der Waals surface area (Å²) >= 11 is 6.69. The zero-order valence-electron chi connectivity index (χ0n) is 17.4. The molecule has 0 atom stereocenters. The highest BCUT2D eigenvalue weighted by atomic mass is 32.2. The molecule has 2 heterocycles. The molecule has 1 amide bonds. The molecule has 31 heavy (non-hydrogen) atoms. The zero-order valence-corrected chi connectivity index (χ0v) is 19.0. The summed E-state index contributed by atoms with van der Waals surface area (Å²) in [6, 6.07) is 16.8. The highest BCUT2D eigenvalue weighted by Gasteiger charge is 2.37. The van der Waals surface area contributed by atoms with E-state index in [2.05, 4.69) is 0 Å². The minimum atomic E-state index is -0.313. The van der Waals surface area contributed by atoms with Crippen molar-refractivity contribution in [2.75, 3.05) is 11.5 Å². The number of benzene rings is 2. The number of hydrogen-bond donors (Lipinski definition) is 0. The largest absolute Gasteiger partial charge is 0.493 e. The Morgan fingerprint density at radius 2 is 1.74 bits per heavy atom. The third-order valence-corrected chi connectivity index (χ3v) is 6.35. The molecule has 0 saturated carbocycles. The van der Waals surface area contributed by atoms with E-state index in [0.717, 1.165) is 11.3 Å². The minimum Gasteiger partial charge on any atom is -0.493 e. The molecule has 0 radical (unpaired) electrons. The van der Waals surface area contributed by atoms with E-state index in [1.165, 1.54) is 21.3 Å². The molecular weight excluding hydrogens is 430 g/mol. The molecule has 0 N–H and O–H groups in total. The van der Waals surface area contributed by atoms with Crippen LogP contribution in [0.1, 0.15) is 18.2 Å². The molecule has 8 heteroatoms. The summed E-state index contributed by atoms with van der Waals surface area (Å²) in [5.41, 5.74) is 2.14. The van der Waals surface area contributed by atoms with Crippen LogP contribution in [0.2, 0.25) is 0 Å². The van der Waals surface area contributed by atoms with Crippen molar-refractivity contribution >= 4 is 46.0 Å². The predicted octanol–water partition coefficient (Wildman–Crippen LogP) is 4.29. The van der Waals surface area contributed by atoms with E-state index in [-0.39, 0.29) is 17.2 Å². The van der Waals surface area contributed by atoms with Gasteiger partial charge in [-0.25, -0.2) is 4.68 Å². The van der Waals surface area contributed by atoms with Gasteiger partial charge in [0.1, 0.15) is 11.4 Å². The van der Waals surface area contributed by atoms with Gasteiger partial charge in [-0.1, -0.05) is 60.4 Å². The standard InChI is InChI=1S/C23H21N3O3S2/c1-4-29-18-13-9-8-10-16(18)14-19-21(27)25(23(30)31-19)20-15(2)24(3)26(22(20)28)17-11-6-5-7-12-17/h5-14H,4H2,1-3H3/b19-14+.